The molecule has 0 aliphatic rings. The zero-order chi connectivity index (χ0) is 10.8. The minimum atomic E-state index is -3.33. The van der Waals surface area contributed by atoms with Crippen molar-refractivity contribution in [3.63, 3.8) is 0 Å². The molecule has 77 valence electrons. The molecule has 0 unspecified atom stereocenters. The Balaban J connectivity index is 3.15. The second kappa shape index (κ2) is 4.00. The standard InChI is InChI=1S/C10H13O3S/c1-3-4-8-5-6-10(9(11)7-8)14(2,12)13/h4-7,11H,3H2,1-2H3. The number of phenolic OH excluding ortho intramolecular Hbond substituents is 1. The molecule has 0 aliphatic heterocycles. The molecular weight excluding hydrogens is 200 g/mol. The Morgan fingerprint density at radius 2 is 2.07 bits per heavy atom. The first-order chi connectivity index (χ1) is 6.45. The molecule has 1 rings (SSSR count). The topological polar surface area (TPSA) is 54.4 Å². The van der Waals surface area contributed by atoms with Crippen LogP contribution < -0.4 is 0 Å². The zero-order valence-electron chi connectivity index (χ0n) is 8.19. The van der Waals surface area contributed by atoms with Crippen molar-refractivity contribution < 1.29 is 13.5 Å². The van der Waals surface area contributed by atoms with Gasteiger partial charge in [0.05, 0.1) is 0 Å². The molecule has 0 saturated carbocycles. The van der Waals surface area contributed by atoms with Gasteiger partial charge in [0, 0.05) is 6.26 Å². The molecule has 1 N–H and O–H groups in total. The molecule has 0 bridgehead atoms. The molecule has 1 aromatic carbocycles. The summed E-state index contributed by atoms with van der Waals surface area (Å²) in [6, 6.07) is 4.56. The Morgan fingerprint density at radius 3 is 2.50 bits per heavy atom. The van der Waals surface area contributed by atoms with Crippen molar-refractivity contribution >= 4 is 9.84 Å². The van der Waals surface area contributed by atoms with Gasteiger partial charge < -0.3 is 5.11 Å². The molecule has 0 amide bonds. The number of aromatic hydroxyl groups is 1. The van der Waals surface area contributed by atoms with Crippen LogP contribution in [-0.4, -0.2) is 19.8 Å². The predicted molar refractivity (Wildman–Crippen MR) is 54.9 cm³/mol. The molecule has 0 heterocycles. The first-order valence-electron chi connectivity index (χ1n) is 4.31. The van der Waals surface area contributed by atoms with Crippen molar-refractivity contribution in [2.75, 3.05) is 6.26 Å². The third kappa shape index (κ3) is 2.48. The number of hydrogen-bond donors (Lipinski definition) is 1. The third-order valence-electron chi connectivity index (χ3n) is 1.82. The van der Waals surface area contributed by atoms with E-state index in [1.165, 1.54) is 12.1 Å². The van der Waals surface area contributed by atoms with Crippen LogP contribution in [0.25, 0.3) is 0 Å². The van der Waals surface area contributed by atoms with Crippen LogP contribution in [0.5, 0.6) is 5.75 Å². The van der Waals surface area contributed by atoms with Crippen molar-refractivity contribution in [3.8, 4) is 5.75 Å². The molecule has 1 radical (unpaired) electrons. The van der Waals surface area contributed by atoms with Gasteiger partial charge in [-0.3, -0.25) is 0 Å². The van der Waals surface area contributed by atoms with Gasteiger partial charge in [-0.1, -0.05) is 13.0 Å². The fraction of sp³-hybridized carbons (Fsp3) is 0.300. The van der Waals surface area contributed by atoms with E-state index in [1.807, 2.05) is 13.3 Å². The highest BCUT2D eigenvalue weighted by atomic mass is 32.2. The van der Waals surface area contributed by atoms with Crippen LogP contribution in [0.1, 0.15) is 18.9 Å². The zero-order valence-corrected chi connectivity index (χ0v) is 9.00. The second-order valence-electron chi connectivity index (χ2n) is 3.11. The molecule has 0 saturated heterocycles. The van der Waals surface area contributed by atoms with Crippen molar-refractivity contribution in [1.29, 1.82) is 0 Å². The average molecular weight is 213 g/mol. The lowest BCUT2D eigenvalue weighted by atomic mass is 10.1. The summed E-state index contributed by atoms with van der Waals surface area (Å²) in [5, 5.41) is 9.45. The number of phenols is 1. The van der Waals surface area contributed by atoms with Crippen LogP contribution in [0.15, 0.2) is 23.1 Å². The maximum absolute atomic E-state index is 11.2. The SMILES string of the molecule is CC[CH]c1ccc(S(C)(=O)=O)c(O)c1. The Labute approximate surface area is 84.3 Å². The highest BCUT2D eigenvalue weighted by Crippen LogP contribution is 2.24. The van der Waals surface area contributed by atoms with Crippen molar-refractivity contribution in [1.82, 2.24) is 0 Å². The normalized spacial score (nSPS) is 11.6. The van der Waals surface area contributed by atoms with Crippen molar-refractivity contribution in [2.24, 2.45) is 0 Å². The fourth-order valence-electron chi connectivity index (χ4n) is 1.21. The Kier molecular flexibility index (Phi) is 3.16. The first-order valence-corrected chi connectivity index (χ1v) is 6.20. The predicted octanol–water partition coefficient (Wildman–Crippen LogP) is 1.76. The van der Waals surface area contributed by atoms with Gasteiger partial charge >= 0.3 is 0 Å². The van der Waals surface area contributed by atoms with E-state index >= 15 is 0 Å². The minimum absolute atomic E-state index is 0.0225. The van der Waals surface area contributed by atoms with Crippen LogP contribution in [0, 0.1) is 6.42 Å². The van der Waals surface area contributed by atoms with Crippen LogP contribution >= 0.6 is 0 Å². The van der Waals surface area contributed by atoms with Gasteiger partial charge in [0.1, 0.15) is 10.6 Å². The molecule has 0 spiro atoms. The summed E-state index contributed by atoms with van der Waals surface area (Å²) in [5.41, 5.74) is 0.831. The summed E-state index contributed by atoms with van der Waals surface area (Å²) < 4.78 is 22.3. The van der Waals surface area contributed by atoms with E-state index in [1.54, 1.807) is 6.07 Å². The maximum Gasteiger partial charge on any atom is 0.179 e. The highest BCUT2D eigenvalue weighted by molar-refractivity contribution is 7.90. The Morgan fingerprint density at radius 1 is 1.43 bits per heavy atom. The third-order valence-corrected chi connectivity index (χ3v) is 2.97. The van der Waals surface area contributed by atoms with E-state index in [9.17, 15) is 13.5 Å². The van der Waals surface area contributed by atoms with E-state index in [4.69, 9.17) is 0 Å². The Bertz CT molecular complexity index is 421. The van der Waals surface area contributed by atoms with Gasteiger partial charge in [0.25, 0.3) is 0 Å². The first kappa shape index (κ1) is 11.0. The van der Waals surface area contributed by atoms with E-state index in [-0.39, 0.29) is 10.6 Å². The maximum atomic E-state index is 11.2. The summed E-state index contributed by atoms with van der Waals surface area (Å²) in [7, 11) is -3.33. The van der Waals surface area contributed by atoms with Crippen LogP contribution in [0.4, 0.5) is 0 Å². The summed E-state index contributed by atoms with van der Waals surface area (Å²) in [6.45, 7) is 1.97. The molecule has 4 heteroatoms. The lowest BCUT2D eigenvalue weighted by molar-refractivity contribution is 0.458. The van der Waals surface area contributed by atoms with Crippen molar-refractivity contribution in [2.45, 2.75) is 18.2 Å². The second-order valence-corrected chi connectivity index (χ2v) is 5.10. The summed E-state index contributed by atoms with van der Waals surface area (Å²) in [4.78, 5) is -0.0225. The van der Waals surface area contributed by atoms with Crippen molar-refractivity contribution in [3.05, 3.63) is 30.2 Å². The molecular formula is C10H13O3S. The molecule has 14 heavy (non-hydrogen) atoms. The van der Waals surface area contributed by atoms with Gasteiger partial charge in [0.2, 0.25) is 0 Å². The monoisotopic (exact) mass is 213 g/mol. The smallest absolute Gasteiger partial charge is 0.179 e. The van der Waals surface area contributed by atoms with Crippen LogP contribution in [0.3, 0.4) is 0 Å². The van der Waals surface area contributed by atoms with Crippen LogP contribution in [-0.2, 0) is 9.84 Å². The summed E-state index contributed by atoms with van der Waals surface area (Å²) in [6.07, 6.45) is 3.83. The quantitative estimate of drug-likeness (QED) is 0.832. The number of sulfone groups is 1. The Hall–Kier alpha value is -1.03. The van der Waals surface area contributed by atoms with Gasteiger partial charge in [0.15, 0.2) is 9.84 Å². The number of rotatable bonds is 3. The molecule has 0 aromatic heterocycles. The van der Waals surface area contributed by atoms with Gasteiger partial charge in [-0.2, -0.15) is 0 Å². The van der Waals surface area contributed by atoms with E-state index in [0.717, 1.165) is 18.2 Å². The largest absolute Gasteiger partial charge is 0.507 e. The van der Waals surface area contributed by atoms with Crippen LogP contribution in [0.2, 0.25) is 0 Å². The van der Waals surface area contributed by atoms with Gasteiger partial charge in [-0.25, -0.2) is 8.42 Å². The summed E-state index contributed by atoms with van der Waals surface area (Å²) >= 11 is 0. The lowest BCUT2D eigenvalue weighted by Crippen LogP contribution is -1.97. The van der Waals surface area contributed by atoms with Gasteiger partial charge in [-0.05, 0) is 30.5 Å². The lowest BCUT2D eigenvalue weighted by Gasteiger charge is -2.04. The molecule has 0 aliphatic carbocycles. The van der Waals surface area contributed by atoms with E-state index in [0.29, 0.717) is 0 Å². The van der Waals surface area contributed by atoms with E-state index in [2.05, 4.69) is 0 Å². The molecule has 0 fully saturated rings. The number of hydrogen-bond acceptors (Lipinski definition) is 3. The molecule has 3 nitrogen and oxygen atoms in total. The average Bonchev–Trinajstić information content (AvgIpc) is 2.02. The molecule has 0 atom stereocenters. The molecule has 1 aromatic rings. The number of benzene rings is 1. The van der Waals surface area contributed by atoms with Gasteiger partial charge in [-0.15, -0.1) is 0 Å². The fourth-order valence-corrected chi connectivity index (χ4v) is 1.96. The highest BCUT2D eigenvalue weighted by Gasteiger charge is 2.12. The minimum Gasteiger partial charge on any atom is -0.507 e. The van der Waals surface area contributed by atoms with E-state index < -0.39 is 9.84 Å². The summed E-state index contributed by atoms with van der Waals surface area (Å²) in [5.74, 6) is -0.185.